The first-order valence-electron chi connectivity index (χ1n) is 6.30. The molecule has 0 unspecified atom stereocenters. The lowest BCUT2D eigenvalue weighted by molar-refractivity contribution is 0.0974. The lowest BCUT2D eigenvalue weighted by Crippen LogP contribution is -2.15. The van der Waals surface area contributed by atoms with Gasteiger partial charge in [0.15, 0.2) is 5.78 Å². The number of thiophene rings is 1. The van der Waals surface area contributed by atoms with Crippen LogP contribution in [0.2, 0.25) is 4.34 Å². The zero-order valence-electron chi connectivity index (χ0n) is 11.5. The molecular formula is C14H11ClN2O3S2. The summed E-state index contributed by atoms with van der Waals surface area (Å²) >= 11 is 7.01. The van der Waals surface area contributed by atoms with Gasteiger partial charge in [-0.2, -0.15) is 0 Å². The van der Waals surface area contributed by atoms with Crippen molar-refractivity contribution in [2.24, 2.45) is 0 Å². The fraction of sp³-hybridized carbons (Fsp3) is 0.143. The summed E-state index contributed by atoms with van der Waals surface area (Å²) in [5.41, 5.74) is 1.15. The average Bonchev–Trinajstić information content (AvgIpc) is 3.03. The molecule has 5 nitrogen and oxygen atoms in total. The van der Waals surface area contributed by atoms with E-state index in [1.165, 1.54) is 15.9 Å². The van der Waals surface area contributed by atoms with Crippen LogP contribution in [0.1, 0.15) is 9.67 Å². The number of rotatable bonds is 4. The molecule has 3 aromatic rings. The summed E-state index contributed by atoms with van der Waals surface area (Å²) < 4.78 is 25.8. The number of carbonyl (C=O) groups is 1. The van der Waals surface area contributed by atoms with Gasteiger partial charge in [-0.05, 0) is 24.3 Å². The highest BCUT2D eigenvalue weighted by Crippen LogP contribution is 2.24. The van der Waals surface area contributed by atoms with Gasteiger partial charge < -0.3 is 4.57 Å². The quantitative estimate of drug-likeness (QED) is 0.675. The number of imidazole rings is 1. The number of hydrogen-bond donors (Lipinski definition) is 0. The molecule has 1 aromatic carbocycles. The second-order valence-corrected chi connectivity index (χ2v) is 8.39. The molecule has 2 heterocycles. The van der Waals surface area contributed by atoms with Crippen molar-refractivity contribution >= 4 is 49.6 Å². The summed E-state index contributed by atoms with van der Waals surface area (Å²) in [6, 6.07) is 10.3. The fourth-order valence-corrected chi connectivity index (χ4v) is 3.98. The van der Waals surface area contributed by atoms with Crippen LogP contribution >= 0.6 is 22.9 Å². The molecule has 0 radical (unpaired) electrons. The summed E-state index contributed by atoms with van der Waals surface area (Å²) in [6.45, 7) is -0.0975. The molecular weight excluding hydrogens is 344 g/mol. The minimum absolute atomic E-state index is 0.0975. The van der Waals surface area contributed by atoms with Gasteiger partial charge in [0.05, 0.1) is 26.8 Å². The van der Waals surface area contributed by atoms with E-state index in [0.29, 0.717) is 20.2 Å². The number of hydrogen-bond acceptors (Lipinski definition) is 5. The molecule has 0 saturated heterocycles. The highest BCUT2D eigenvalue weighted by atomic mass is 35.5. The zero-order valence-corrected chi connectivity index (χ0v) is 13.9. The van der Waals surface area contributed by atoms with Crippen molar-refractivity contribution in [3.63, 3.8) is 0 Å². The van der Waals surface area contributed by atoms with Crippen molar-refractivity contribution < 1.29 is 13.2 Å². The molecule has 0 atom stereocenters. The van der Waals surface area contributed by atoms with Crippen molar-refractivity contribution in [2.75, 3.05) is 6.26 Å². The van der Waals surface area contributed by atoms with Gasteiger partial charge in [-0.3, -0.25) is 4.79 Å². The van der Waals surface area contributed by atoms with Crippen molar-refractivity contribution in [3.05, 3.63) is 45.6 Å². The standard InChI is InChI=1S/C14H11ClN2O3S2/c1-22(19,20)14-16-9-4-2-3-5-10(9)17(14)8-11(18)12-6-7-13(15)21-12/h2-7H,8H2,1H3. The van der Waals surface area contributed by atoms with Crippen molar-refractivity contribution in [3.8, 4) is 0 Å². The number of nitrogens with zero attached hydrogens (tertiary/aromatic N) is 2. The number of ketones is 1. The van der Waals surface area contributed by atoms with Gasteiger partial charge in [0.25, 0.3) is 0 Å². The summed E-state index contributed by atoms with van der Waals surface area (Å²) in [7, 11) is -3.54. The largest absolute Gasteiger partial charge is 0.307 e. The number of benzene rings is 1. The Bertz CT molecular complexity index is 973. The van der Waals surface area contributed by atoms with Crippen LogP contribution in [0.15, 0.2) is 41.6 Å². The van der Waals surface area contributed by atoms with Gasteiger partial charge in [0.2, 0.25) is 15.0 Å². The lowest BCUT2D eigenvalue weighted by Gasteiger charge is -2.06. The molecule has 8 heteroatoms. The van der Waals surface area contributed by atoms with Crippen molar-refractivity contribution in [1.29, 1.82) is 0 Å². The summed E-state index contributed by atoms with van der Waals surface area (Å²) in [5.74, 6) is -0.204. The first kappa shape index (κ1) is 15.2. The summed E-state index contributed by atoms with van der Waals surface area (Å²) in [4.78, 5) is 17.0. The SMILES string of the molecule is CS(=O)(=O)c1nc2ccccc2n1CC(=O)c1ccc(Cl)s1. The van der Waals surface area contributed by atoms with Crippen LogP contribution in [0.5, 0.6) is 0 Å². The zero-order chi connectivity index (χ0) is 15.9. The van der Waals surface area contributed by atoms with E-state index in [2.05, 4.69) is 4.98 Å². The van der Waals surface area contributed by atoms with Gasteiger partial charge in [-0.1, -0.05) is 23.7 Å². The lowest BCUT2D eigenvalue weighted by atomic mass is 10.3. The monoisotopic (exact) mass is 354 g/mol. The highest BCUT2D eigenvalue weighted by molar-refractivity contribution is 7.90. The molecule has 0 saturated carbocycles. The Morgan fingerprint density at radius 1 is 1.27 bits per heavy atom. The Morgan fingerprint density at radius 2 is 2.00 bits per heavy atom. The van der Waals surface area contributed by atoms with E-state index in [1.807, 2.05) is 0 Å². The minimum atomic E-state index is -3.54. The molecule has 0 amide bonds. The molecule has 0 aliphatic carbocycles. The Labute approximate surface area is 136 Å². The molecule has 0 aliphatic rings. The fourth-order valence-electron chi connectivity index (χ4n) is 2.17. The topological polar surface area (TPSA) is 69.0 Å². The Balaban J connectivity index is 2.11. The third-order valence-corrected chi connectivity index (χ3v) is 5.35. The van der Waals surface area contributed by atoms with E-state index in [4.69, 9.17) is 11.6 Å². The van der Waals surface area contributed by atoms with E-state index in [0.717, 1.165) is 6.26 Å². The number of sulfone groups is 1. The molecule has 0 N–H and O–H groups in total. The third kappa shape index (κ3) is 2.79. The van der Waals surface area contributed by atoms with E-state index in [1.54, 1.807) is 36.4 Å². The minimum Gasteiger partial charge on any atom is -0.307 e. The maximum absolute atomic E-state index is 12.4. The second-order valence-electron chi connectivity index (χ2n) is 4.77. The van der Waals surface area contributed by atoms with Crippen molar-refractivity contribution in [1.82, 2.24) is 9.55 Å². The molecule has 22 heavy (non-hydrogen) atoms. The number of para-hydroxylation sites is 2. The Morgan fingerprint density at radius 3 is 2.64 bits per heavy atom. The average molecular weight is 355 g/mol. The first-order valence-corrected chi connectivity index (χ1v) is 9.39. The predicted molar refractivity (Wildman–Crippen MR) is 86.5 cm³/mol. The number of halogens is 1. The third-order valence-electron chi connectivity index (χ3n) is 3.10. The van der Waals surface area contributed by atoms with Gasteiger partial charge in [0.1, 0.15) is 0 Å². The molecule has 0 spiro atoms. The van der Waals surface area contributed by atoms with Crippen LogP contribution in [0, 0.1) is 0 Å². The number of Topliss-reactive ketones (excluding diaryl/α,β-unsaturated/α-hetero) is 1. The van der Waals surface area contributed by atoms with Gasteiger partial charge in [-0.25, -0.2) is 13.4 Å². The Kier molecular flexibility index (Phi) is 3.80. The van der Waals surface area contributed by atoms with Crippen LogP contribution in [-0.4, -0.2) is 30.0 Å². The molecule has 2 aromatic heterocycles. The maximum Gasteiger partial charge on any atom is 0.228 e. The Hall–Kier alpha value is -1.70. The maximum atomic E-state index is 12.4. The molecule has 114 valence electrons. The van der Waals surface area contributed by atoms with Crippen LogP contribution < -0.4 is 0 Å². The van der Waals surface area contributed by atoms with Crippen LogP contribution in [0.4, 0.5) is 0 Å². The second kappa shape index (κ2) is 5.49. The molecule has 0 aliphatic heterocycles. The molecule has 3 rings (SSSR count). The van der Waals surface area contributed by atoms with Gasteiger partial charge >= 0.3 is 0 Å². The molecule has 0 fully saturated rings. The smallest absolute Gasteiger partial charge is 0.228 e. The normalized spacial score (nSPS) is 11.9. The van der Waals surface area contributed by atoms with E-state index >= 15 is 0 Å². The van der Waals surface area contributed by atoms with Crippen molar-refractivity contribution in [2.45, 2.75) is 11.7 Å². The number of fused-ring (bicyclic) bond motifs is 1. The first-order chi connectivity index (χ1) is 10.4. The summed E-state index contributed by atoms with van der Waals surface area (Å²) in [6.07, 6.45) is 1.08. The van der Waals surface area contributed by atoms with E-state index in [9.17, 15) is 13.2 Å². The predicted octanol–water partition coefficient (Wildman–Crippen LogP) is 3.04. The molecule has 0 bridgehead atoms. The number of aromatic nitrogens is 2. The van der Waals surface area contributed by atoms with Crippen LogP contribution in [0.3, 0.4) is 0 Å². The van der Waals surface area contributed by atoms with Gasteiger partial charge in [-0.15, -0.1) is 11.3 Å². The van der Waals surface area contributed by atoms with Crippen LogP contribution in [0.25, 0.3) is 11.0 Å². The number of carbonyl (C=O) groups excluding carboxylic acids is 1. The highest BCUT2D eigenvalue weighted by Gasteiger charge is 2.21. The van der Waals surface area contributed by atoms with E-state index < -0.39 is 9.84 Å². The summed E-state index contributed by atoms with van der Waals surface area (Å²) in [5, 5.41) is -0.107. The van der Waals surface area contributed by atoms with Gasteiger partial charge in [0, 0.05) is 6.26 Å². The van der Waals surface area contributed by atoms with E-state index in [-0.39, 0.29) is 17.5 Å². The van der Waals surface area contributed by atoms with Crippen LogP contribution in [-0.2, 0) is 16.4 Å².